The third-order valence-corrected chi connectivity index (χ3v) is 10.3. The van der Waals surface area contributed by atoms with E-state index in [4.69, 9.17) is 20.7 Å². The van der Waals surface area contributed by atoms with Crippen molar-refractivity contribution in [3.05, 3.63) is 176 Å². The largest absolute Gasteiger partial charge is 0.384 e. The quantitative estimate of drug-likeness (QED) is 0.194. The Balaban J connectivity index is 1.01. The number of fused-ring (bicyclic) bond motifs is 4. The van der Waals surface area contributed by atoms with Crippen molar-refractivity contribution in [3.63, 3.8) is 0 Å². The molecule has 254 valence electrons. The summed E-state index contributed by atoms with van der Waals surface area (Å²) in [6.07, 6.45) is 0. The molecule has 0 unspecified atom stereocenters. The van der Waals surface area contributed by atoms with Gasteiger partial charge < -0.3 is 5.73 Å². The van der Waals surface area contributed by atoms with Gasteiger partial charge >= 0.3 is 0 Å². The molecular formula is C49H33N5. The normalized spacial score (nSPS) is 11.5. The predicted molar refractivity (Wildman–Crippen MR) is 224 cm³/mol. The van der Waals surface area contributed by atoms with E-state index in [1.165, 1.54) is 38.1 Å². The lowest BCUT2D eigenvalue weighted by Crippen LogP contribution is -1.98. The third kappa shape index (κ3) is 5.69. The number of rotatable bonds is 5. The Morgan fingerprint density at radius 1 is 0.352 bits per heavy atom. The molecule has 0 saturated heterocycles. The molecule has 0 saturated carbocycles. The van der Waals surface area contributed by atoms with Crippen LogP contribution in [0, 0.1) is 6.92 Å². The summed E-state index contributed by atoms with van der Waals surface area (Å²) in [5, 5.41) is 9.35. The minimum absolute atomic E-state index is 0.439. The Labute approximate surface area is 312 Å². The Bertz CT molecular complexity index is 2880. The van der Waals surface area contributed by atoms with Gasteiger partial charge in [0.1, 0.15) is 11.6 Å². The van der Waals surface area contributed by atoms with Crippen LogP contribution >= 0.6 is 0 Å². The molecule has 0 radical (unpaired) electrons. The highest BCUT2D eigenvalue weighted by molar-refractivity contribution is 6.07. The number of nitrogens with two attached hydrogens (primary N) is 1. The smallest absolute Gasteiger partial charge is 0.162 e. The first-order valence-electron chi connectivity index (χ1n) is 18.1. The van der Waals surface area contributed by atoms with E-state index in [1.54, 1.807) is 0 Å². The van der Waals surface area contributed by atoms with Crippen LogP contribution in [0.5, 0.6) is 0 Å². The maximum absolute atomic E-state index is 6.36. The molecule has 10 aromatic rings. The highest BCUT2D eigenvalue weighted by atomic mass is 14.9. The fourth-order valence-electron chi connectivity index (χ4n) is 7.64. The van der Waals surface area contributed by atoms with Crippen molar-refractivity contribution in [2.75, 3.05) is 5.73 Å². The molecule has 2 heterocycles. The summed E-state index contributed by atoms with van der Waals surface area (Å²) in [5.74, 6) is 1.80. The van der Waals surface area contributed by atoms with Crippen LogP contribution in [0.2, 0.25) is 0 Å². The Morgan fingerprint density at radius 2 is 0.796 bits per heavy atom. The highest BCUT2D eigenvalue weighted by Crippen LogP contribution is 2.37. The summed E-state index contributed by atoms with van der Waals surface area (Å²) in [5.41, 5.74) is 15.4. The summed E-state index contributed by atoms with van der Waals surface area (Å²) in [6.45, 7) is 1.96. The second-order valence-electron chi connectivity index (χ2n) is 13.8. The van der Waals surface area contributed by atoms with Crippen LogP contribution in [-0.2, 0) is 0 Å². The zero-order valence-corrected chi connectivity index (χ0v) is 29.5. The first kappa shape index (κ1) is 31.5. The second kappa shape index (κ2) is 12.8. The minimum atomic E-state index is 0.439. The first-order valence-corrected chi connectivity index (χ1v) is 18.1. The molecule has 54 heavy (non-hydrogen) atoms. The second-order valence-corrected chi connectivity index (χ2v) is 13.8. The fourth-order valence-corrected chi connectivity index (χ4v) is 7.64. The van der Waals surface area contributed by atoms with Gasteiger partial charge in [0.2, 0.25) is 0 Å². The van der Waals surface area contributed by atoms with E-state index in [9.17, 15) is 0 Å². The lowest BCUT2D eigenvalue weighted by Gasteiger charge is -2.13. The van der Waals surface area contributed by atoms with Gasteiger partial charge in [-0.3, -0.25) is 0 Å². The Hall–Kier alpha value is -7.24. The zero-order valence-electron chi connectivity index (χ0n) is 29.5. The molecule has 2 N–H and O–H groups in total. The van der Waals surface area contributed by atoms with E-state index in [1.807, 2.05) is 25.1 Å². The maximum Gasteiger partial charge on any atom is 0.162 e. The van der Waals surface area contributed by atoms with Gasteiger partial charge in [0.25, 0.3) is 0 Å². The topological polar surface area (TPSA) is 77.6 Å². The van der Waals surface area contributed by atoms with Crippen molar-refractivity contribution < 1.29 is 0 Å². The molecule has 8 aromatic carbocycles. The van der Waals surface area contributed by atoms with Gasteiger partial charge in [-0.1, -0.05) is 133 Å². The van der Waals surface area contributed by atoms with Crippen molar-refractivity contribution in [2.45, 2.75) is 6.92 Å². The van der Waals surface area contributed by atoms with E-state index in [-0.39, 0.29) is 0 Å². The van der Waals surface area contributed by atoms with Gasteiger partial charge in [0.05, 0.1) is 17.1 Å². The Morgan fingerprint density at radius 3 is 1.37 bits per heavy atom. The number of aromatic nitrogens is 4. The zero-order chi connectivity index (χ0) is 36.2. The molecule has 10 rings (SSSR count). The predicted octanol–water partition coefficient (Wildman–Crippen LogP) is 12.1. The Kier molecular flexibility index (Phi) is 7.44. The molecule has 5 nitrogen and oxygen atoms in total. The standard InChI is InChI=1S/C49H33N5/c1-30-51-45(37-18-16-31-8-2-4-10-33(31)24-37)28-46(52-30)38-20-22-41-35(26-38)12-6-14-43(41)44-15-7-13-36-27-39(21-23-42(36)44)47-29-48(50)54-49(53-47)40-19-17-32-9-3-5-11-34(32)25-40/h2-29H,1H3,(H2,50,53,54). The molecule has 0 fully saturated rings. The van der Waals surface area contributed by atoms with Crippen molar-refractivity contribution in [2.24, 2.45) is 0 Å². The van der Waals surface area contributed by atoms with Crippen LogP contribution < -0.4 is 5.73 Å². The van der Waals surface area contributed by atoms with E-state index >= 15 is 0 Å². The molecule has 2 aromatic heterocycles. The number of benzene rings is 8. The van der Waals surface area contributed by atoms with Gasteiger partial charge in [-0.15, -0.1) is 0 Å². The number of nitrogens with zero attached hydrogens (tertiary/aromatic N) is 4. The van der Waals surface area contributed by atoms with Crippen LogP contribution in [0.3, 0.4) is 0 Å². The van der Waals surface area contributed by atoms with Crippen molar-refractivity contribution in [1.82, 2.24) is 19.9 Å². The molecule has 0 aliphatic heterocycles. The number of hydrogen-bond donors (Lipinski definition) is 1. The van der Waals surface area contributed by atoms with E-state index in [2.05, 4.69) is 157 Å². The van der Waals surface area contributed by atoms with Crippen LogP contribution in [-0.4, -0.2) is 19.9 Å². The van der Waals surface area contributed by atoms with E-state index < -0.39 is 0 Å². The summed E-state index contributed by atoms with van der Waals surface area (Å²) >= 11 is 0. The SMILES string of the molecule is Cc1nc(-c2ccc3ccccc3c2)cc(-c2ccc3c(-c4cccc5cc(-c6cc(N)nc(-c7ccc8ccccc8c7)n6)ccc45)cccc3c2)n1. The van der Waals surface area contributed by atoms with Crippen LogP contribution in [0.4, 0.5) is 5.82 Å². The van der Waals surface area contributed by atoms with Crippen LogP contribution in [0.15, 0.2) is 170 Å². The average molecular weight is 692 g/mol. The summed E-state index contributed by atoms with van der Waals surface area (Å²) < 4.78 is 0. The minimum Gasteiger partial charge on any atom is -0.384 e. The number of anilines is 1. The summed E-state index contributed by atoms with van der Waals surface area (Å²) in [4.78, 5) is 19.3. The average Bonchev–Trinajstić information content (AvgIpc) is 3.22. The molecule has 0 bridgehead atoms. The number of aryl methyl sites for hydroxylation is 1. The molecular weight excluding hydrogens is 659 g/mol. The van der Waals surface area contributed by atoms with Gasteiger partial charge in [0, 0.05) is 28.3 Å². The summed E-state index contributed by atoms with van der Waals surface area (Å²) in [6, 6.07) is 59.6. The fraction of sp³-hybridized carbons (Fsp3) is 0.0204. The van der Waals surface area contributed by atoms with Crippen LogP contribution in [0.1, 0.15) is 5.82 Å². The molecule has 0 amide bonds. The molecule has 0 aliphatic rings. The molecule has 5 heteroatoms. The van der Waals surface area contributed by atoms with Gasteiger partial charge in [-0.2, -0.15) is 0 Å². The monoisotopic (exact) mass is 691 g/mol. The van der Waals surface area contributed by atoms with Gasteiger partial charge in [-0.05, 0) is 91.5 Å². The maximum atomic E-state index is 6.36. The van der Waals surface area contributed by atoms with E-state index in [0.717, 1.165) is 61.3 Å². The van der Waals surface area contributed by atoms with Crippen LogP contribution in [0.25, 0.3) is 99.4 Å². The molecule has 0 aliphatic carbocycles. The third-order valence-electron chi connectivity index (χ3n) is 10.3. The highest BCUT2D eigenvalue weighted by Gasteiger charge is 2.14. The van der Waals surface area contributed by atoms with Crippen molar-refractivity contribution >= 4 is 48.9 Å². The lowest BCUT2D eigenvalue weighted by molar-refractivity contribution is 1.06. The first-order chi connectivity index (χ1) is 26.5. The molecule has 0 atom stereocenters. The number of nitrogen functional groups attached to an aromatic ring is 1. The number of hydrogen-bond acceptors (Lipinski definition) is 5. The lowest BCUT2D eigenvalue weighted by atomic mass is 9.92. The summed E-state index contributed by atoms with van der Waals surface area (Å²) in [7, 11) is 0. The molecule has 0 spiro atoms. The van der Waals surface area contributed by atoms with Crippen molar-refractivity contribution in [1.29, 1.82) is 0 Å². The van der Waals surface area contributed by atoms with Gasteiger partial charge in [0.15, 0.2) is 5.82 Å². The van der Waals surface area contributed by atoms with Crippen molar-refractivity contribution in [3.8, 4) is 56.3 Å². The van der Waals surface area contributed by atoms with E-state index in [0.29, 0.717) is 11.6 Å². The van der Waals surface area contributed by atoms with Gasteiger partial charge in [-0.25, -0.2) is 19.9 Å².